The summed E-state index contributed by atoms with van der Waals surface area (Å²) < 4.78 is 5.09. The highest BCUT2D eigenvalue weighted by Gasteiger charge is 2.21. The molecule has 1 aliphatic rings. The minimum Gasteiger partial charge on any atom is -0.385 e. The number of hydrogen-bond acceptors (Lipinski definition) is 3. The Balaban J connectivity index is 2.05. The van der Waals surface area contributed by atoms with Gasteiger partial charge >= 0.3 is 0 Å². The zero-order chi connectivity index (χ0) is 11.8. The molecule has 1 heterocycles. The average Bonchev–Trinajstić information content (AvgIpc) is 2.72. The van der Waals surface area contributed by atoms with Crippen LogP contribution in [0, 0.1) is 5.92 Å². The van der Waals surface area contributed by atoms with Crippen molar-refractivity contribution in [3.8, 4) is 0 Å². The van der Waals surface area contributed by atoms with Crippen LogP contribution >= 0.6 is 0 Å². The standard InChI is InChI=1S/C13H28N2O/c1-4-7-15-8-5-13(11-15)10-14-12(2)6-9-16-3/h12-14H,4-11H2,1-3H3. The van der Waals surface area contributed by atoms with Gasteiger partial charge in [0.25, 0.3) is 0 Å². The summed E-state index contributed by atoms with van der Waals surface area (Å²) in [5.41, 5.74) is 0. The topological polar surface area (TPSA) is 24.5 Å². The summed E-state index contributed by atoms with van der Waals surface area (Å²) in [6.07, 6.45) is 3.76. The number of methoxy groups -OCH3 is 1. The molecule has 3 heteroatoms. The molecule has 96 valence electrons. The first-order chi connectivity index (χ1) is 7.76. The highest BCUT2D eigenvalue weighted by molar-refractivity contribution is 4.77. The molecule has 2 unspecified atom stereocenters. The van der Waals surface area contributed by atoms with E-state index in [0.717, 1.165) is 18.9 Å². The van der Waals surface area contributed by atoms with Crippen molar-refractivity contribution in [2.45, 2.75) is 39.2 Å². The average molecular weight is 228 g/mol. The molecule has 0 bridgehead atoms. The van der Waals surface area contributed by atoms with Crippen LogP contribution in [0.25, 0.3) is 0 Å². The van der Waals surface area contributed by atoms with Gasteiger partial charge in [-0.15, -0.1) is 0 Å². The third kappa shape index (κ3) is 5.28. The van der Waals surface area contributed by atoms with Crippen LogP contribution in [0.3, 0.4) is 0 Å². The number of hydrogen-bond donors (Lipinski definition) is 1. The number of likely N-dealkylation sites (tertiary alicyclic amines) is 1. The Morgan fingerprint density at radius 3 is 3.00 bits per heavy atom. The van der Waals surface area contributed by atoms with Crippen molar-refractivity contribution in [3.05, 3.63) is 0 Å². The second-order valence-corrected chi connectivity index (χ2v) is 5.05. The quantitative estimate of drug-likeness (QED) is 0.685. The lowest BCUT2D eigenvalue weighted by atomic mass is 10.1. The molecule has 1 aliphatic heterocycles. The van der Waals surface area contributed by atoms with Crippen LogP contribution in [0.15, 0.2) is 0 Å². The fourth-order valence-electron chi connectivity index (χ4n) is 2.36. The van der Waals surface area contributed by atoms with E-state index in [0.29, 0.717) is 6.04 Å². The van der Waals surface area contributed by atoms with E-state index in [4.69, 9.17) is 4.74 Å². The second kappa shape index (κ2) is 8.04. The molecule has 1 saturated heterocycles. The maximum Gasteiger partial charge on any atom is 0.0476 e. The maximum absolute atomic E-state index is 5.09. The Hall–Kier alpha value is -0.120. The zero-order valence-corrected chi connectivity index (χ0v) is 11.2. The first-order valence-electron chi connectivity index (χ1n) is 6.71. The Morgan fingerprint density at radius 2 is 2.31 bits per heavy atom. The molecule has 0 aromatic rings. The Bertz CT molecular complexity index is 175. The van der Waals surface area contributed by atoms with Gasteiger partial charge in [-0.3, -0.25) is 0 Å². The lowest BCUT2D eigenvalue weighted by molar-refractivity contribution is 0.184. The van der Waals surface area contributed by atoms with E-state index in [2.05, 4.69) is 24.1 Å². The van der Waals surface area contributed by atoms with E-state index in [1.165, 1.54) is 39.0 Å². The molecule has 1 fully saturated rings. The van der Waals surface area contributed by atoms with Crippen molar-refractivity contribution in [1.29, 1.82) is 0 Å². The number of nitrogens with one attached hydrogen (secondary N) is 1. The molecule has 16 heavy (non-hydrogen) atoms. The van der Waals surface area contributed by atoms with E-state index >= 15 is 0 Å². The monoisotopic (exact) mass is 228 g/mol. The van der Waals surface area contributed by atoms with Gasteiger partial charge in [0, 0.05) is 26.3 Å². The molecule has 0 radical (unpaired) electrons. The summed E-state index contributed by atoms with van der Waals surface area (Å²) in [6.45, 7) is 10.4. The highest BCUT2D eigenvalue weighted by atomic mass is 16.5. The molecule has 1 rings (SSSR count). The van der Waals surface area contributed by atoms with E-state index in [1.54, 1.807) is 7.11 Å². The molecular weight excluding hydrogens is 200 g/mol. The van der Waals surface area contributed by atoms with E-state index < -0.39 is 0 Å². The maximum atomic E-state index is 5.09. The predicted molar refractivity (Wildman–Crippen MR) is 68.8 cm³/mol. The van der Waals surface area contributed by atoms with E-state index in [-0.39, 0.29) is 0 Å². The van der Waals surface area contributed by atoms with Gasteiger partial charge in [0.05, 0.1) is 0 Å². The van der Waals surface area contributed by atoms with Gasteiger partial charge in [-0.25, -0.2) is 0 Å². The molecule has 0 aromatic carbocycles. The molecule has 1 N–H and O–H groups in total. The summed E-state index contributed by atoms with van der Waals surface area (Å²) >= 11 is 0. The van der Waals surface area contributed by atoms with E-state index in [1.807, 2.05) is 0 Å². The van der Waals surface area contributed by atoms with Gasteiger partial charge in [0.2, 0.25) is 0 Å². The molecule has 0 aromatic heterocycles. The number of nitrogens with zero attached hydrogens (tertiary/aromatic N) is 1. The van der Waals surface area contributed by atoms with Crippen LogP contribution in [0.5, 0.6) is 0 Å². The normalized spacial score (nSPS) is 23.8. The fourth-order valence-corrected chi connectivity index (χ4v) is 2.36. The fraction of sp³-hybridized carbons (Fsp3) is 1.00. The number of ether oxygens (including phenoxy) is 1. The van der Waals surface area contributed by atoms with Crippen LogP contribution < -0.4 is 5.32 Å². The van der Waals surface area contributed by atoms with Crippen molar-refractivity contribution in [2.75, 3.05) is 39.9 Å². The minimum atomic E-state index is 0.583. The second-order valence-electron chi connectivity index (χ2n) is 5.05. The molecule has 0 saturated carbocycles. The summed E-state index contributed by atoms with van der Waals surface area (Å²) in [6, 6.07) is 0.583. The van der Waals surface area contributed by atoms with Gasteiger partial charge in [-0.1, -0.05) is 6.92 Å². The lowest BCUT2D eigenvalue weighted by Gasteiger charge is -2.18. The van der Waals surface area contributed by atoms with Gasteiger partial charge in [-0.2, -0.15) is 0 Å². The van der Waals surface area contributed by atoms with Crippen LogP contribution in [0.2, 0.25) is 0 Å². The largest absolute Gasteiger partial charge is 0.385 e. The van der Waals surface area contributed by atoms with Gasteiger partial charge in [-0.05, 0) is 51.7 Å². The van der Waals surface area contributed by atoms with Gasteiger partial charge in [0.1, 0.15) is 0 Å². The summed E-state index contributed by atoms with van der Waals surface area (Å²) in [5.74, 6) is 0.858. The van der Waals surface area contributed by atoms with Crippen LogP contribution in [-0.4, -0.2) is 50.8 Å². The predicted octanol–water partition coefficient (Wildman–Crippen LogP) is 1.73. The Morgan fingerprint density at radius 1 is 1.50 bits per heavy atom. The van der Waals surface area contributed by atoms with Crippen LogP contribution in [-0.2, 0) is 4.74 Å². The Labute approximate surface area is 101 Å². The third-order valence-electron chi connectivity index (χ3n) is 3.42. The molecule has 0 amide bonds. The van der Waals surface area contributed by atoms with Crippen molar-refractivity contribution >= 4 is 0 Å². The number of rotatable bonds is 8. The molecule has 2 atom stereocenters. The first-order valence-corrected chi connectivity index (χ1v) is 6.71. The third-order valence-corrected chi connectivity index (χ3v) is 3.42. The highest BCUT2D eigenvalue weighted by Crippen LogP contribution is 2.15. The van der Waals surface area contributed by atoms with E-state index in [9.17, 15) is 0 Å². The van der Waals surface area contributed by atoms with Gasteiger partial charge in [0.15, 0.2) is 0 Å². The minimum absolute atomic E-state index is 0.583. The molecule has 3 nitrogen and oxygen atoms in total. The molecule has 0 spiro atoms. The SMILES string of the molecule is CCCN1CCC(CNC(C)CCOC)C1. The Kier molecular flexibility index (Phi) is 7.01. The lowest BCUT2D eigenvalue weighted by Crippen LogP contribution is -2.33. The van der Waals surface area contributed by atoms with Crippen LogP contribution in [0.1, 0.15) is 33.1 Å². The summed E-state index contributed by atoms with van der Waals surface area (Å²) in [5, 5.41) is 3.62. The van der Waals surface area contributed by atoms with Gasteiger partial charge < -0.3 is 15.0 Å². The summed E-state index contributed by atoms with van der Waals surface area (Å²) in [7, 11) is 1.77. The summed E-state index contributed by atoms with van der Waals surface area (Å²) in [4.78, 5) is 2.59. The molecular formula is C13H28N2O. The van der Waals surface area contributed by atoms with Crippen molar-refractivity contribution < 1.29 is 4.74 Å². The van der Waals surface area contributed by atoms with Crippen molar-refractivity contribution in [3.63, 3.8) is 0 Å². The molecule has 0 aliphatic carbocycles. The van der Waals surface area contributed by atoms with Crippen LogP contribution in [0.4, 0.5) is 0 Å². The van der Waals surface area contributed by atoms with Crippen molar-refractivity contribution in [2.24, 2.45) is 5.92 Å². The first kappa shape index (κ1) is 13.9. The van der Waals surface area contributed by atoms with Crippen molar-refractivity contribution in [1.82, 2.24) is 10.2 Å². The zero-order valence-electron chi connectivity index (χ0n) is 11.2. The smallest absolute Gasteiger partial charge is 0.0476 e.